The topological polar surface area (TPSA) is 4.93 Å². The molecule has 60 heavy (non-hydrogen) atoms. The zero-order valence-corrected chi connectivity index (χ0v) is 35.1. The minimum atomic E-state index is -0.671. The Morgan fingerprint density at radius 2 is 0.850 bits per heavy atom. The lowest BCUT2D eigenvalue weighted by atomic mass is 9.49. The standard InChI is InChI=1S/C38H32.C19H15N.C2H6/c1-5-20-36-29(4)37(30-21-12-8-13-22-30,31-23-14-9-15-24-31)34(6-2)35(7-3)38(36,32-25-16-10-17-26-32)33-27-18-11-19-28-33;1-14-11-12-19-17(13-14)16-9-5-6-10-18(16)20(19)15-7-3-2-4-8-15;1-2/h5-28H,1-4H2;2-13H,1H3;1-2H3/b36-20+;;. The Hall–Kier alpha value is -7.22. The van der Waals surface area contributed by atoms with E-state index in [4.69, 9.17) is 6.58 Å². The molecule has 0 saturated heterocycles. The van der Waals surface area contributed by atoms with Crippen LogP contribution in [0.5, 0.6) is 0 Å². The van der Waals surface area contributed by atoms with Crippen molar-refractivity contribution < 1.29 is 0 Å². The quantitative estimate of drug-likeness (QED) is 0.145. The number of allylic oxidation sites excluding steroid dienone is 8. The highest BCUT2D eigenvalue weighted by atomic mass is 15.0. The highest BCUT2D eigenvalue weighted by Crippen LogP contribution is 2.62. The molecule has 8 aromatic rings. The number of rotatable bonds is 8. The molecule has 0 atom stereocenters. The van der Waals surface area contributed by atoms with Crippen LogP contribution in [0.15, 0.2) is 267 Å². The van der Waals surface area contributed by atoms with Crippen LogP contribution in [-0.4, -0.2) is 4.57 Å². The van der Waals surface area contributed by atoms with E-state index >= 15 is 0 Å². The van der Waals surface area contributed by atoms with E-state index in [9.17, 15) is 0 Å². The van der Waals surface area contributed by atoms with Crippen LogP contribution in [0.1, 0.15) is 41.7 Å². The summed E-state index contributed by atoms with van der Waals surface area (Å²) in [5, 5.41) is 2.64. The molecule has 0 amide bonds. The van der Waals surface area contributed by atoms with Gasteiger partial charge < -0.3 is 4.57 Å². The predicted molar refractivity (Wildman–Crippen MR) is 259 cm³/mol. The van der Waals surface area contributed by atoms with Crippen molar-refractivity contribution in [3.63, 3.8) is 0 Å². The Labute approximate surface area is 357 Å². The second kappa shape index (κ2) is 18.1. The fraction of sp³-hybridized carbons (Fsp3) is 0.0847. The molecular formula is C59H53N. The number of para-hydroxylation sites is 2. The van der Waals surface area contributed by atoms with Crippen LogP contribution in [0.25, 0.3) is 27.5 Å². The molecule has 1 aromatic heterocycles. The zero-order valence-electron chi connectivity index (χ0n) is 35.1. The van der Waals surface area contributed by atoms with Gasteiger partial charge in [-0.3, -0.25) is 0 Å². The molecule has 9 rings (SSSR count). The van der Waals surface area contributed by atoms with Crippen molar-refractivity contribution in [1.82, 2.24) is 4.57 Å². The normalized spacial score (nSPS) is 14.7. The molecule has 1 heterocycles. The van der Waals surface area contributed by atoms with Crippen molar-refractivity contribution in [3.05, 3.63) is 295 Å². The molecule has 0 fully saturated rings. The molecule has 0 saturated carbocycles. The molecule has 0 N–H and O–H groups in total. The average molecular weight is 776 g/mol. The van der Waals surface area contributed by atoms with Gasteiger partial charge in [0.25, 0.3) is 0 Å². The van der Waals surface area contributed by atoms with Crippen LogP contribution in [0.3, 0.4) is 0 Å². The van der Waals surface area contributed by atoms with Crippen LogP contribution in [-0.2, 0) is 10.8 Å². The number of aromatic nitrogens is 1. The Morgan fingerprint density at radius 1 is 0.450 bits per heavy atom. The first-order valence-electron chi connectivity index (χ1n) is 20.8. The van der Waals surface area contributed by atoms with Gasteiger partial charge in [0.1, 0.15) is 0 Å². The van der Waals surface area contributed by atoms with E-state index in [0.29, 0.717) is 0 Å². The molecule has 0 radical (unpaired) electrons. The second-order valence-electron chi connectivity index (χ2n) is 14.7. The fourth-order valence-corrected chi connectivity index (χ4v) is 9.32. The van der Waals surface area contributed by atoms with E-state index < -0.39 is 10.8 Å². The Morgan fingerprint density at radius 3 is 1.32 bits per heavy atom. The van der Waals surface area contributed by atoms with Crippen molar-refractivity contribution in [2.45, 2.75) is 31.6 Å². The zero-order chi connectivity index (χ0) is 42.1. The van der Waals surface area contributed by atoms with Crippen molar-refractivity contribution in [2.24, 2.45) is 0 Å². The first-order chi connectivity index (χ1) is 29.5. The third kappa shape index (κ3) is 6.83. The number of nitrogens with zero attached hydrogens (tertiary/aromatic N) is 1. The van der Waals surface area contributed by atoms with Gasteiger partial charge in [-0.15, -0.1) is 0 Å². The van der Waals surface area contributed by atoms with Crippen LogP contribution in [0.4, 0.5) is 0 Å². The van der Waals surface area contributed by atoms with Gasteiger partial charge in [-0.1, -0.05) is 234 Å². The SMILES string of the molecule is C=C/C=C1\C(=C)C(c2ccccc2)(c2ccccc2)C(C=C)=C(C=C)C1(c1ccccc1)c1ccccc1.CC.Cc1ccc2c(c1)c1ccccc1n2-c1ccccc1. The highest BCUT2D eigenvalue weighted by Gasteiger charge is 2.55. The van der Waals surface area contributed by atoms with Gasteiger partial charge in [0.05, 0.1) is 21.9 Å². The summed E-state index contributed by atoms with van der Waals surface area (Å²) in [7, 11) is 0. The van der Waals surface area contributed by atoms with Gasteiger partial charge in [-0.2, -0.15) is 0 Å². The molecule has 7 aromatic carbocycles. The third-order valence-electron chi connectivity index (χ3n) is 11.6. The van der Waals surface area contributed by atoms with Gasteiger partial charge in [0.2, 0.25) is 0 Å². The Kier molecular flexibility index (Phi) is 12.4. The number of aryl methyl sites for hydroxylation is 1. The lowest BCUT2D eigenvalue weighted by Crippen LogP contribution is -2.46. The molecule has 0 bridgehead atoms. The van der Waals surface area contributed by atoms with Gasteiger partial charge in [0.15, 0.2) is 0 Å². The van der Waals surface area contributed by atoms with Gasteiger partial charge in [0, 0.05) is 16.5 Å². The van der Waals surface area contributed by atoms with Crippen LogP contribution in [0, 0.1) is 6.92 Å². The summed E-state index contributed by atoms with van der Waals surface area (Å²) >= 11 is 0. The molecule has 1 nitrogen and oxygen atoms in total. The maximum absolute atomic E-state index is 4.90. The smallest absolute Gasteiger partial charge is 0.0707 e. The third-order valence-corrected chi connectivity index (χ3v) is 11.6. The van der Waals surface area contributed by atoms with Gasteiger partial charge >= 0.3 is 0 Å². The summed E-state index contributed by atoms with van der Waals surface area (Å²) in [6.45, 7) is 24.0. The van der Waals surface area contributed by atoms with Crippen molar-refractivity contribution in [3.8, 4) is 5.69 Å². The molecule has 0 aliphatic heterocycles. The predicted octanol–water partition coefficient (Wildman–Crippen LogP) is 15.4. The summed E-state index contributed by atoms with van der Waals surface area (Å²) in [6, 6.07) is 68.3. The Bertz CT molecular complexity index is 2740. The minimum absolute atomic E-state index is 0.661. The summed E-state index contributed by atoms with van der Waals surface area (Å²) in [4.78, 5) is 0. The molecular weight excluding hydrogens is 723 g/mol. The van der Waals surface area contributed by atoms with Crippen LogP contribution < -0.4 is 0 Å². The van der Waals surface area contributed by atoms with Gasteiger partial charge in [-0.25, -0.2) is 0 Å². The minimum Gasteiger partial charge on any atom is -0.309 e. The number of hydrogen-bond acceptors (Lipinski definition) is 0. The molecule has 294 valence electrons. The van der Waals surface area contributed by atoms with E-state index in [1.807, 2.05) is 32.1 Å². The maximum atomic E-state index is 4.90. The first kappa shape index (κ1) is 41.0. The number of benzene rings is 7. The lowest BCUT2D eigenvalue weighted by molar-refractivity contribution is 0.606. The molecule has 1 aliphatic rings. The number of hydrogen-bond donors (Lipinski definition) is 0. The molecule has 0 spiro atoms. The van der Waals surface area contributed by atoms with E-state index in [1.165, 1.54) is 33.1 Å². The Balaban J connectivity index is 0.000000206. The monoisotopic (exact) mass is 775 g/mol. The lowest BCUT2D eigenvalue weighted by Gasteiger charge is -2.52. The average Bonchev–Trinajstić information content (AvgIpc) is 3.65. The summed E-state index contributed by atoms with van der Waals surface area (Å²) in [5.74, 6) is 0. The van der Waals surface area contributed by atoms with Crippen LogP contribution in [0.2, 0.25) is 0 Å². The van der Waals surface area contributed by atoms with Gasteiger partial charge in [-0.05, 0) is 81.8 Å². The highest BCUT2D eigenvalue weighted by molar-refractivity contribution is 6.09. The summed E-state index contributed by atoms with van der Waals surface area (Å²) in [6.07, 6.45) is 8.03. The number of fused-ring (bicyclic) bond motifs is 3. The van der Waals surface area contributed by atoms with E-state index in [0.717, 1.165) is 44.5 Å². The largest absolute Gasteiger partial charge is 0.309 e. The van der Waals surface area contributed by atoms with Crippen molar-refractivity contribution in [1.29, 1.82) is 0 Å². The van der Waals surface area contributed by atoms with Crippen LogP contribution >= 0.6 is 0 Å². The summed E-state index contributed by atoms with van der Waals surface area (Å²) < 4.78 is 2.34. The van der Waals surface area contributed by atoms with E-state index in [2.05, 4.69) is 231 Å². The van der Waals surface area contributed by atoms with Crippen molar-refractivity contribution >= 4 is 21.8 Å². The second-order valence-corrected chi connectivity index (χ2v) is 14.7. The first-order valence-corrected chi connectivity index (χ1v) is 20.8. The maximum Gasteiger partial charge on any atom is 0.0707 e. The summed E-state index contributed by atoms with van der Waals surface area (Å²) in [5.41, 5.74) is 12.5. The van der Waals surface area contributed by atoms with Crippen molar-refractivity contribution in [2.75, 3.05) is 0 Å². The van der Waals surface area contributed by atoms with E-state index in [-0.39, 0.29) is 0 Å². The molecule has 1 aliphatic carbocycles. The molecule has 0 unspecified atom stereocenters. The van der Waals surface area contributed by atoms with E-state index in [1.54, 1.807) is 0 Å². The fourth-order valence-electron chi connectivity index (χ4n) is 9.32. The molecule has 1 heteroatoms.